The predicted molar refractivity (Wildman–Crippen MR) is 72.2 cm³/mol. The van der Waals surface area contributed by atoms with Gasteiger partial charge in [0.1, 0.15) is 12.7 Å². The van der Waals surface area contributed by atoms with E-state index in [0.29, 0.717) is 18.9 Å². The Balaban J connectivity index is 1.75. The van der Waals surface area contributed by atoms with Crippen LogP contribution in [0.3, 0.4) is 0 Å². The first kappa shape index (κ1) is 13.2. The molecule has 2 aromatic rings. The van der Waals surface area contributed by atoms with Crippen molar-refractivity contribution in [1.29, 1.82) is 0 Å². The third-order valence-electron chi connectivity index (χ3n) is 2.97. The molecule has 0 radical (unpaired) electrons. The molecule has 1 unspecified atom stereocenters. The number of carbonyl (C=O) groups is 1. The molecule has 3 rings (SSSR count). The van der Waals surface area contributed by atoms with Gasteiger partial charge >= 0.3 is 0 Å². The number of nitrogen functional groups attached to an aromatic ring is 1. The number of nitrogens with two attached hydrogens (primary N) is 1. The van der Waals surface area contributed by atoms with Crippen molar-refractivity contribution in [2.45, 2.75) is 18.9 Å². The lowest BCUT2D eigenvalue weighted by atomic mass is 10.2. The molecule has 0 spiro atoms. The Morgan fingerprint density at radius 3 is 2.90 bits per heavy atom. The van der Waals surface area contributed by atoms with Crippen LogP contribution >= 0.6 is 0 Å². The molecule has 1 aliphatic heterocycles. The summed E-state index contributed by atoms with van der Waals surface area (Å²) in [5.41, 5.74) is 2.37. The lowest BCUT2D eigenvalue weighted by molar-refractivity contribution is -0.119. The molecule has 21 heavy (non-hydrogen) atoms. The zero-order valence-electron chi connectivity index (χ0n) is 11.0. The largest absolute Gasteiger partial charge is 0.352 e. The fraction of sp³-hybridized carbons (Fsp3) is 0.400. The molecule has 2 aromatic heterocycles. The molecule has 1 atom stereocenters. The van der Waals surface area contributed by atoms with E-state index in [4.69, 9.17) is 5.84 Å². The van der Waals surface area contributed by atoms with Gasteiger partial charge in [0.25, 0.3) is 5.95 Å². The van der Waals surface area contributed by atoms with Crippen molar-refractivity contribution in [3.05, 3.63) is 12.7 Å². The van der Waals surface area contributed by atoms with Gasteiger partial charge in [-0.1, -0.05) is 0 Å². The topological polar surface area (TPSA) is 149 Å². The van der Waals surface area contributed by atoms with E-state index in [-0.39, 0.29) is 23.8 Å². The number of hydrogen-bond acceptors (Lipinski definition) is 9. The van der Waals surface area contributed by atoms with E-state index in [1.54, 1.807) is 0 Å². The number of carbonyl (C=O) groups excluding carboxylic acids is 1. The summed E-state index contributed by atoms with van der Waals surface area (Å²) < 4.78 is 1.39. The minimum Gasteiger partial charge on any atom is -0.352 e. The first-order valence-corrected chi connectivity index (χ1v) is 6.35. The van der Waals surface area contributed by atoms with Gasteiger partial charge in [0.2, 0.25) is 17.8 Å². The van der Waals surface area contributed by atoms with Crippen molar-refractivity contribution in [3.63, 3.8) is 0 Å². The SMILES string of the molecule is NNc1nc(NCC2CCC(=O)N2)nc(-n2cncn2)n1. The number of anilines is 2. The van der Waals surface area contributed by atoms with Crippen molar-refractivity contribution in [2.75, 3.05) is 17.3 Å². The minimum absolute atomic E-state index is 0.0602. The van der Waals surface area contributed by atoms with Gasteiger partial charge in [0.15, 0.2) is 0 Å². The van der Waals surface area contributed by atoms with Crippen molar-refractivity contribution in [3.8, 4) is 5.95 Å². The van der Waals surface area contributed by atoms with Gasteiger partial charge in [-0.2, -0.15) is 24.7 Å². The summed E-state index contributed by atoms with van der Waals surface area (Å²) >= 11 is 0. The molecular formula is C10H14N10O. The highest BCUT2D eigenvalue weighted by Crippen LogP contribution is 2.10. The lowest BCUT2D eigenvalue weighted by Crippen LogP contribution is -2.32. The first-order valence-electron chi connectivity index (χ1n) is 6.35. The van der Waals surface area contributed by atoms with E-state index in [9.17, 15) is 4.79 Å². The number of amides is 1. The summed E-state index contributed by atoms with van der Waals surface area (Å²) in [6.45, 7) is 0.524. The molecule has 11 nitrogen and oxygen atoms in total. The number of hydrogen-bond donors (Lipinski definition) is 4. The van der Waals surface area contributed by atoms with Crippen molar-refractivity contribution in [2.24, 2.45) is 5.84 Å². The van der Waals surface area contributed by atoms with Gasteiger partial charge < -0.3 is 10.6 Å². The Morgan fingerprint density at radius 2 is 2.24 bits per heavy atom. The number of aromatic nitrogens is 6. The third-order valence-corrected chi connectivity index (χ3v) is 2.97. The molecule has 5 N–H and O–H groups in total. The van der Waals surface area contributed by atoms with Gasteiger partial charge in [-0.25, -0.2) is 10.8 Å². The molecule has 0 aromatic carbocycles. The molecule has 1 fully saturated rings. The summed E-state index contributed by atoms with van der Waals surface area (Å²) in [5.74, 6) is 6.23. The smallest absolute Gasteiger partial charge is 0.258 e. The summed E-state index contributed by atoms with van der Waals surface area (Å²) in [4.78, 5) is 27.4. The quantitative estimate of drug-likeness (QED) is 0.378. The minimum atomic E-state index is 0.0602. The Hall–Kier alpha value is -2.82. The molecule has 110 valence electrons. The standard InChI is InChI=1S/C10H14N10O/c11-19-9-16-8(13-3-6-1-2-7(21)15-6)17-10(18-9)20-5-12-4-14-20/h4-6H,1-3,11H2,(H,15,21)(H2,13,16,17,18,19). The number of hydrazine groups is 1. The van der Waals surface area contributed by atoms with Crippen LogP contribution in [0.15, 0.2) is 12.7 Å². The van der Waals surface area contributed by atoms with E-state index in [0.717, 1.165) is 6.42 Å². The second kappa shape index (κ2) is 5.66. The highest BCUT2D eigenvalue weighted by molar-refractivity contribution is 5.78. The van der Waals surface area contributed by atoms with Crippen LogP contribution in [0.1, 0.15) is 12.8 Å². The molecule has 1 aliphatic rings. The highest BCUT2D eigenvalue weighted by Gasteiger charge is 2.20. The fourth-order valence-electron chi connectivity index (χ4n) is 1.97. The van der Waals surface area contributed by atoms with E-state index in [2.05, 4.69) is 41.1 Å². The average Bonchev–Trinajstić information content (AvgIpc) is 3.16. The first-order chi connectivity index (χ1) is 10.2. The second-order valence-electron chi connectivity index (χ2n) is 4.45. The predicted octanol–water partition coefficient (Wildman–Crippen LogP) is -1.57. The van der Waals surface area contributed by atoms with Crippen molar-refractivity contribution >= 4 is 17.8 Å². The summed E-state index contributed by atoms with van der Waals surface area (Å²) in [7, 11) is 0. The Labute approximate surface area is 119 Å². The molecule has 3 heterocycles. The van der Waals surface area contributed by atoms with Crippen LogP contribution in [0.4, 0.5) is 11.9 Å². The number of nitrogens with zero attached hydrogens (tertiary/aromatic N) is 6. The normalized spacial score (nSPS) is 17.6. The van der Waals surface area contributed by atoms with Crippen LogP contribution in [0.2, 0.25) is 0 Å². The Bertz CT molecular complexity index is 627. The van der Waals surface area contributed by atoms with Gasteiger partial charge in [0.05, 0.1) is 0 Å². The molecule has 1 saturated heterocycles. The molecule has 1 amide bonds. The van der Waals surface area contributed by atoms with Crippen molar-refractivity contribution in [1.82, 2.24) is 35.0 Å². The van der Waals surface area contributed by atoms with Crippen LogP contribution in [0.25, 0.3) is 5.95 Å². The number of nitrogens with one attached hydrogen (secondary N) is 3. The van der Waals surface area contributed by atoms with Crippen LogP contribution in [-0.4, -0.2) is 48.2 Å². The molecule has 11 heteroatoms. The van der Waals surface area contributed by atoms with Crippen LogP contribution in [0.5, 0.6) is 0 Å². The van der Waals surface area contributed by atoms with Crippen LogP contribution in [-0.2, 0) is 4.79 Å². The monoisotopic (exact) mass is 290 g/mol. The summed E-state index contributed by atoms with van der Waals surface area (Å²) in [6.07, 6.45) is 4.18. The zero-order valence-corrected chi connectivity index (χ0v) is 11.0. The average molecular weight is 290 g/mol. The van der Waals surface area contributed by atoms with E-state index in [1.807, 2.05) is 0 Å². The highest BCUT2D eigenvalue weighted by atomic mass is 16.1. The Kier molecular flexibility index (Phi) is 3.55. The van der Waals surface area contributed by atoms with E-state index in [1.165, 1.54) is 17.3 Å². The van der Waals surface area contributed by atoms with Crippen LogP contribution in [0, 0.1) is 0 Å². The van der Waals surface area contributed by atoms with Crippen molar-refractivity contribution < 1.29 is 4.79 Å². The summed E-state index contributed by atoms with van der Waals surface area (Å²) in [6, 6.07) is 0.0679. The fourth-order valence-corrected chi connectivity index (χ4v) is 1.97. The summed E-state index contributed by atoms with van der Waals surface area (Å²) in [5, 5.41) is 9.85. The third kappa shape index (κ3) is 3.02. The lowest BCUT2D eigenvalue weighted by Gasteiger charge is -2.12. The molecule has 0 aliphatic carbocycles. The van der Waals surface area contributed by atoms with Crippen LogP contribution < -0.4 is 21.9 Å². The van der Waals surface area contributed by atoms with Gasteiger partial charge in [-0.3, -0.25) is 10.2 Å². The zero-order chi connectivity index (χ0) is 14.7. The maximum absolute atomic E-state index is 11.1. The van der Waals surface area contributed by atoms with E-state index >= 15 is 0 Å². The molecule has 0 bridgehead atoms. The number of rotatable bonds is 5. The second-order valence-corrected chi connectivity index (χ2v) is 4.45. The molecule has 0 saturated carbocycles. The molecular weight excluding hydrogens is 276 g/mol. The van der Waals surface area contributed by atoms with E-state index < -0.39 is 0 Å². The van der Waals surface area contributed by atoms with Gasteiger partial charge in [-0.05, 0) is 6.42 Å². The maximum atomic E-state index is 11.1. The van der Waals surface area contributed by atoms with Gasteiger partial charge in [0, 0.05) is 19.0 Å². The Morgan fingerprint density at radius 1 is 1.38 bits per heavy atom. The van der Waals surface area contributed by atoms with Gasteiger partial charge in [-0.15, -0.1) is 0 Å². The maximum Gasteiger partial charge on any atom is 0.258 e.